The van der Waals surface area contributed by atoms with E-state index in [9.17, 15) is 0 Å². The van der Waals surface area contributed by atoms with Crippen molar-refractivity contribution in [2.24, 2.45) is 5.92 Å². The van der Waals surface area contributed by atoms with Crippen LogP contribution in [0.1, 0.15) is 50.2 Å². The largest absolute Gasteiger partial charge is 0.123 e. The van der Waals surface area contributed by atoms with Crippen molar-refractivity contribution < 1.29 is 0 Å². The Morgan fingerprint density at radius 3 is 2.38 bits per heavy atom. The number of aryl methyl sites for hydroxylation is 1. The molecule has 16 heavy (non-hydrogen) atoms. The summed E-state index contributed by atoms with van der Waals surface area (Å²) in [5.74, 6) is 1.30. The summed E-state index contributed by atoms with van der Waals surface area (Å²) < 4.78 is 0. The molecule has 1 aromatic carbocycles. The summed E-state index contributed by atoms with van der Waals surface area (Å²) in [6.45, 7) is 4.51. The standard InChI is InChI=1S/C15H21Cl/c1-3-4-12-5-7-13(8-6-12)14-9-10-15(16)11(14)2/h5-8,11,14-15H,3-4,9-10H2,1-2H3. The Labute approximate surface area is 104 Å². The average Bonchev–Trinajstić information content (AvgIpc) is 2.62. The Kier molecular flexibility index (Phi) is 3.91. The first kappa shape index (κ1) is 12.0. The normalized spacial score (nSPS) is 29.6. The van der Waals surface area contributed by atoms with Gasteiger partial charge >= 0.3 is 0 Å². The zero-order chi connectivity index (χ0) is 11.5. The molecule has 0 aromatic heterocycles. The molecule has 0 bridgehead atoms. The molecule has 1 aliphatic rings. The average molecular weight is 237 g/mol. The topological polar surface area (TPSA) is 0 Å². The van der Waals surface area contributed by atoms with Gasteiger partial charge in [0, 0.05) is 5.38 Å². The van der Waals surface area contributed by atoms with Gasteiger partial charge in [-0.2, -0.15) is 0 Å². The van der Waals surface area contributed by atoms with Crippen molar-refractivity contribution in [3.05, 3.63) is 35.4 Å². The summed E-state index contributed by atoms with van der Waals surface area (Å²) in [6.07, 6.45) is 4.84. The summed E-state index contributed by atoms with van der Waals surface area (Å²) in [6, 6.07) is 9.18. The lowest BCUT2D eigenvalue weighted by atomic mass is 9.89. The first-order chi connectivity index (χ1) is 7.72. The third kappa shape index (κ3) is 2.43. The van der Waals surface area contributed by atoms with E-state index in [4.69, 9.17) is 11.6 Å². The van der Waals surface area contributed by atoms with Gasteiger partial charge in [0.15, 0.2) is 0 Å². The molecule has 0 amide bonds. The molecule has 2 rings (SSSR count). The van der Waals surface area contributed by atoms with E-state index in [0.717, 1.165) is 0 Å². The van der Waals surface area contributed by atoms with E-state index < -0.39 is 0 Å². The Morgan fingerprint density at radius 1 is 1.19 bits per heavy atom. The van der Waals surface area contributed by atoms with Crippen LogP contribution >= 0.6 is 11.6 Å². The minimum Gasteiger partial charge on any atom is -0.123 e. The number of hydrogen-bond acceptors (Lipinski definition) is 0. The molecular weight excluding hydrogens is 216 g/mol. The van der Waals surface area contributed by atoms with E-state index in [1.165, 1.54) is 36.8 Å². The maximum Gasteiger partial charge on any atom is 0.0367 e. The van der Waals surface area contributed by atoms with Crippen LogP contribution in [-0.4, -0.2) is 5.38 Å². The molecule has 0 N–H and O–H groups in total. The van der Waals surface area contributed by atoms with Gasteiger partial charge in [0.1, 0.15) is 0 Å². The quantitative estimate of drug-likeness (QED) is 0.664. The summed E-state index contributed by atoms with van der Waals surface area (Å²) in [5.41, 5.74) is 2.94. The summed E-state index contributed by atoms with van der Waals surface area (Å²) in [5, 5.41) is 0.375. The molecule has 1 saturated carbocycles. The van der Waals surface area contributed by atoms with Crippen molar-refractivity contribution in [1.29, 1.82) is 0 Å². The lowest BCUT2D eigenvalue weighted by molar-refractivity contribution is 0.537. The molecule has 1 aliphatic carbocycles. The molecule has 0 heterocycles. The fourth-order valence-electron chi connectivity index (χ4n) is 2.81. The summed E-state index contributed by atoms with van der Waals surface area (Å²) in [7, 11) is 0. The van der Waals surface area contributed by atoms with Crippen LogP contribution in [0.25, 0.3) is 0 Å². The number of alkyl halides is 1. The van der Waals surface area contributed by atoms with Crippen LogP contribution in [-0.2, 0) is 6.42 Å². The smallest absolute Gasteiger partial charge is 0.0367 e. The number of rotatable bonds is 3. The van der Waals surface area contributed by atoms with E-state index in [-0.39, 0.29) is 0 Å². The first-order valence-corrected chi connectivity index (χ1v) is 6.89. The highest BCUT2D eigenvalue weighted by atomic mass is 35.5. The van der Waals surface area contributed by atoms with Crippen LogP contribution in [0.2, 0.25) is 0 Å². The van der Waals surface area contributed by atoms with Gasteiger partial charge in [-0.25, -0.2) is 0 Å². The third-order valence-electron chi connectivity index (χ3n) is 3.91. The molecule has 3 atom stereocenters. The molecule has 1 heteroatoms. The fraction of sp³-hybridized carbons (Fsp3) is 0.600. The molecule has 0 saturated heterocycles. The third-order valence-corrected chi connectivity index (χ3v) is 4.52. The van der Waals surface area contributed by atoms with Gasteiger partial charge in [-0.15, -0.1) is 11.6 Å². The Bertz CT molecular complexity index is 328. The zero-order valence-electron chi connectivity index (χ0n) is 10.2. The van der Waals surface area contributed by atoms with Gasteiger partial charge in [0.05, 0.1) is 0 Å². The molecule has 0 aliphatic heterocycles. The number of benzene rings is 1. The molecule has 0 spiro atoms. The molecule has 1 aromatic rings. The lowest BCUT2D eigenvalue weighted by Gasteiger charge is -2.17. The van der Waals surface area contributed by atoms with Gasteiger partial charge in [0.25, 0.3) is 0 Å². The zero-order valence-corrected chi connectivity index (χ0v) is 11.0. The van der Waals surface area contributed by atoms with Crippen molar-refractivity contribution in [2.45, 2.75) is 50.8 Å². The maximum absolute atomic E-state index is 6.29. The van der Waals surface area contributed by atoms with Crippen LogP contribution < -0.4 is 0 Å². The van der Waals surface area contributed by atoms with Crippen molar-refractivity contribution in [1.82, 2.24) is 0 Å². The fourth-order valence-corrected chi connectivity index (χ4v) is 3.11. The van der Waals surface area contributed by atoms with Crippen LogP contribution in [0.15, 0.2) is 24.3 Å². The maximum atomic E-state index is 6.29. The van der Waals surface area contributed by atoms with E-state index >= 15 is 0 Å². The Hall–Kier alpha value is -0.490. The summed E-state index contributed by atoms with van der Waals surface area (Å²) >= 11 is 6.29. The predicted molar refractivity (Wildman–Crippen MR) is 71.2 cm³/mol. The molecule has 0 radical (unpaired) electrons. The second-order valence-electron chi connectivity index (χ2n) is 5.05. The van der Waals surface area contributed by atoms with Crippen LogP contribution in [0.3, 0.4) is 0 Å². The minimum atomic E-state index is 0.375. The second kappa shape index (κ2) is 5.23. The van der Waals surface area contributed by atoms with Gasteiger partial charge in [-0.3, -0.25) is 0 Å². The lowest BCUT2D eigenvalue weighted by Crippen LogP contribution is -2.09. The second-order valence-corrected chi connectivity index (χ2v) is 5.61. The van der Waals surface area contributed by atoms with Crippen molar-refractivity contribution in [2.75, 3.05) is 0 Å². The van der Waals surface area contributed by atoms with Gasteiger partial charge in [-0.05, 0) is 42.2 Å². The van der Waals surface area contributed by atoms with Crippen molar-refractivity contribution in [3.63, 3.8) is 0 Å². The number of halogens is 1. The SMILES string of the molecule is CCCc1ccc(C2CCC(Cl)C2C)cc1. The molecule has 1 fully saturated rings. The molecular formula is C15H21Cl. The highest BCUT2D eigenvalue weighted by Crippen LogP contribution is 2.42. The Balaban J connectivity index is 2.10. The van der Waals surface area contributed by atoms with E-state index in [2.05, 4.69) is 38.1 Å². The minimum absolute atomic E-state index is 0.375. The predicted octanol–water partition coefficient (Wildman–Crippen LogP) is 4.76. The van der Waals surface area contributed by atoms with Crippen molar-refractivity contribution >= 4 is 11.6 Å². The molecule has 3 unspecified atom stereocenters. The summed E-state index contributed by atoms with van der Waals surface area (Å²) in [4.78, 5) is 0. The number of hydrogen-bond donors (Lipinski definition) is 0. The van der Waals surface area contributed by atoms with E-state index in [1.54, 1.807) is 0 Å². The van der Waals surface area contributed by atoms with E-state index in [1.807, 2.05) is 0 Å². The van der Waals surface area contributed by atoms with Gasteiger partial charge in [0.2, 0.25) is 0 Å². The molecule has 88 valence electrons. The highest BCUT2D eigenvalue weighted by molar-refractivity contribution is 6.21. The van der Waals surface area contributed by atoms with E-state index in [0.29, 0.717) is 17.2 Å². The van der Waals surface area contributed by atoms with Crippen LogP contribution in [0.5, 0.6) is 0 Å². The first-order valence-electron chi connectivity index (χ1n) is 6.45. The highest BCUT2D eigenvalue weighted by Gasteiger charge is 2.32. The van der Waals surface area contributed by atoms with Crippen LogP contribution in [0.4, 0.5) is 0 Å². The van der Waals surface area contributed by atoms with Crippen molar-refractivity contribution in [3.8, 4) is 0 Å². The molecule has 0 nitrogen and oxygen atoms in total. The Morgan fingerprint density at radius 2 is 1.88 bits per heavy atom. The van der Waals surface area contributed by atoms with Gasteiger partial charge in [-0.1, -0.05) is 44.5 Å². The van der Waals surface area contributed by atoms with Crippen LogP contribution in [0, 0.1) is 5.92 Å². The monoisotopic (exact) mass is 236 g/mol. The van der Waals surface area contributed by atoms with Gasteiger partial charge < -0.3 is 0 Å².